The third kappa shape index (κ3) is 3.47. The zero-order valence-corrected chi connectivity index (χ0v) is 13.2. The number of amidine groups is 1. The Morgan fingerprint density at radius 3 is 2.60 bits per heavy atom. The lowest BCUT2D eigenvalue weighted by Crippen LogP contribution is -2.57. The zero-order valence-electron chi connectivity index (χ0n) is 13.2. The molecule has 25 heavy (non-hydrogen) atoms. The van der Waals surface area contributed by atoms with Crippen LogP contribution in [0.25, 0.3) is 0 Å². The van der Waals surface area contributed by atoms with Gasteiger partial charge in [0.15, 0.2) is 0 Å². The lowest BCUT2D eigenvalue weighted by molar-refractivity contribution is -0.120. The summed E-state index contributed by atoms with van der Waals surface area (Å²) >= 11 is 0. The quantitative estimate of drug-likeness (QED) is 0.897. The topological polar surface area (TPSA) is 73.8 Å². The van der Waals surface area contributed by atoms with Crippen LogP contribution in [0, 0.1) is 11.6 Å². The monoisotopic (exact) mass is 344 g/mol. The number of hydrogen-bond acceptors (Lipinski definition) is 4. The number of para-hydroxylation sites is 1. The number of carbonyl (C=O) groups excluding carboxylic acids is 2. The first-order chi connectivity index (χ1) is 12.0. The molecule has 2 N–H and O–H groups in total. The van der Waals surface area contributed by atoms with E-state index in [1.807, 2.05) is 0 Å². The Morgan fingerprint density at radius 1 is 1.20 bits per heavy atom. The summed E-state index contributed by atoms with van der Waals surface area (Å²) in [6, 6.07) is 10.7. The van der Waals surface area contributed by atoms with Gasteiger partial charge in [-0.3, -0.25) is 15.0 Å². The van der Waals surface area contributed by atoms with Crippen LogP contribution in [0.2, 0.25) is 0 Å². The summed E-state index contributed by atoms with van der Waals surface area (Å²) in [7, 11) is 0. The molecule has 0 saturated carbocycles. The fraction of sp³-hybridized carbons (Fsp3) is 0.118. The number of aliphatic imine (C=N–C) groups is 1. The van der Waals surface area contributed by atoms with Crippen molar-refractivity contribution < 1.29 is 18.4 Å². The van der Waals surface area contributed by atoms with Crippen LogP contribution in [0.15, 0.2) is 53.5 Å². The summed E-state index contributed by atoms with van der Waals surface area (Å²) in [5.74, 6) is -2.90. The maximum Gasteiger partial charge on any atom is 0.292 e. The molecule has 0 aromatic heterocycles. The van der Waals surface area contributed by atoms with Crippen LogP contribution >= 0.6 is 0 Å². The van der Waals surface area contributed by atoms with Gasteiger partial charge >= 0.3 is 0 Å². The number of nitrogens with one attached hydrogen (secondary N) is 2. The summed E-state index contributed by atoms with van der Waals surface area (Å²) in [4.78, 5) is 28.6. The van der Waals surface area contributed by atoms with Crippen LogP contribution in [-0.4, -0.2) is 23.7 Å². The van der Waals surface area contributed by atoms with Gasteiger partial charge in [0.2, 0.25) is 5.84 Å². The van der Waals surface area contributed by atoms with Gasteiger partial charge in [-0.25, -0.2) is 18.8 Å². The lowest BCUT2D eigenvalue weighted by Gasteiger charge is -2.30. The number of nitrogens with zero attached hydrogens (tertiary/aromatic N) is 2. The number of anilines is 2. The van der Waals surface area contributed by atoms with E-state index in [4.69, 9.17) is 0 Å². The molecule has 128 valence electrons. The van der Waals surface area contributed by atoms with Gasteiger partial charge in [-0.15, -0.1) is 0 Å². The van der Waals surface area contributed by atoms with Crippen LogP contribution in [-0.2, 0) is 9.59 Å². The second-order valence-electron chi connectivity index (χ2n) is 5.35. The largest absolute Gasteiger partial charge is 0.317 e. The molecule has 8 heteroatoms. The molecule has 0 bridgehead atoms. The fourth-order valence-electron chi connectivity index (χ4n) is 2.28. The molecule has 1 aliphatic rings. The van der Waals surface area contributed by atoms with Crippen molar-refractivity contribution in [3.8, 4) is 0 Å². The van der Waals surface area contributed by atoms with E-state index in [9.17, 15) is 18.4 Å². The number of amides is 2. The van der Waals surface area contributed by atoms with Crippen LogP contribution in [0.3, 0.4) is 0 Å². The SMILES string of the molecule is CC1N=C(C(=O)Nc2ccc(F)cc2F)NN(c2ccccc2)C1=O. The van der Waals surface area contributed by atoms with Crippen molar-refractivity contribution in [2.24, 2.45) is 4.99 Å². The number of rotatable bonds is 3. The molecule has 0 aliphatic carbocycles. The van der Waals surface area contributed by atoms with Gasteiger partial charge in [0.05, 0.1) is 11.4 Å². The average molecular weight is 344 g/mol. The molecule has 1 heterocycles. The normalized spacial score (nSPS) is 16.9. The van der Waals surface area contributed by atoms with Gasteiger partial charge in [-0.1, -0.05) is 18.2 Å². The van der Waals surface area contributed by atoms with Crippen molar-refractivity contribution in [1.82, 2.24) is 5.43 Å². The highest BCUT2D eigenvalue weighted by molar-refractivity contribution is 6.43. The number of hydrogen-bond donors (Lipinski definition) is 2. The number of hydrazine groups is 1. The van der Waals surface area contributed by atoms with Crippen molar-refractivity contribution >= 4 is 29.0 Å². The van der Waals surface area contributed by atoms with E-state index in [1.54, 1.807) is 37.3 Å². The van der Waals surface area contributed by atoms with Gasteiger partial charge < -0.3 is 5.32 Å². The summed E-state index contributed by atoms with van der Waals surface area (Å²) in [5, 5.41) is 3.50. The molecule has 0 spiro atoms. The number of carbonyl (C=O) groups is 2. The van der Waals surface area contributed by atoms with E-state index in [-0.39, 0.29) is 17.4 Å². The van der Waals surface area contributed by atoms with Crippen molar-refractivity contribution in [3.63, 3.8) is 0 Å². The van der Waals surface area contributed by atoms with Crippen molar-refractivity contribution in [2.45, 2.75) is 13.0 Å². The first kappa shape index (κ1) is 16.6. The van der Waals surface area contributed by atoms with Crippen LogP contribution < -0.4 is 15.8 Å². The van der Waals surface area contributed by atoms with Crippen molar-refractivity contribution in [1.29, 1.82) is 0 Å². The Morgan fingerprint density at radius 2 is 1.92 bits per heavy atom. The van der Waals surface area contributed by atoms with Gasteiger partial charge in [0.25, 0.3) is 11.8 Å². The van der Waals surface area contributed by atoms with E-state index in [1.165, 1.54) is 5.01 Å². The Bertz CT molecular complexity index is 855. The van der Waals surface area contributed by atoms with Gasteiger partial charge in [-0.05, 0) is 31.2 Å². The molecular formula is C17H14F2N4O2. The zero-order chi connectivity index (χ0) is 18.0. The Hall–Kier alpha value is -3.29. The Kier molecular flexibility index (Phi) is 4.42. The first-order valence-corrected chi connectivity index (χ1v) is 7.45. The second-order valence-corrected chi connectivity index (χ2v) is 5.35. The molecule has 1 aliphatic heterocycles. The maximum absolute atomic E-state index is 13.7. The Balaban J connectivity index is 1.82. The minimum Gasteiger partial charge on any atom is -0.317 e. The lowest BCUT2D eigenvalue weighted by atomic mass is 10.2. The average Bonchev–Trinajstić information content (AvgIpc) is 2.60. The van der Waals surface area contributed by atoms with E-state index in [0.717, 1.165) is 12.1 Å². The summed E-state index contributed by atoms with van der Waals surface area (Å²) in [5.41, 5.74) is 2.97. The summed E-state index contributed by atoms with van der Waals surface area (Å²) < 4.78 is 26.6. The number of benzene rings is 2. The van der Waals surface area contributed by atoms with E-state index < -0.39 is 23.6 Å². The molecule has 2 aromatic rings. The molecule has 0 fully saturated rings. The van der Waals surface area contributed by atoms with E-state index in [2.05, 4.69) is 15.7 Å². The van der Waals surface area contributed by atoms with Crippen LogP contribution in [0.1, 0.15) is 6.92 Å². The van der Waals surface area contributed by atoms with Gasteiger partial charge in [0.1, 0.15) is 17.7 Å². The molecule has 2 aromatic carbocycles. The highest BCUT2D eigenvalue weighted by Gasteiger charge is 2.30. The highest BCUT2D eigenvalue weighted by atomic mass is 19.1. The standard InChI is InChI=1S/C17H14F2N4O2/c1-10-17(25)23(12-5-3-2-4-6-12)22-15(20-10)16(24)21-14-8-7-11(18)9-13(14)19/h2-10H,1H3,(H,20,22)(H,21,24). The molecule has 6 nitrogen and oxygen atoms in total. The molecule has 0 saturated heterocycles. The summed E-state index contributed by atoms with van der Waals surface area (Å²) in [6.45, 7) is 1.55. The molecular weight excluding hydrogens is 330 g/mol. The minimum atomic E-state index is -0.909. The van der Waals surface area contributed by atoms with E-state index >= 15 is 0 Å². The predicted octanol–water partition coefficient (Wildman–Crippen LogP) is 2.24. The molecule has 0 radical (unpaired) electrons. The third-order valence-corrected chi connectivity index (χ3v) is 3.53. The van der Waals surface area contributed by atoms with Crippen LogP contribution in [0.5, 0.6) is 0 Å². The Labute approximate surface area is 142 Å². The summed E-state index contributed by atoms with van der Waals surface area (Å²) in [6.07, 6.45) is 0. The first-order valence-electron chi connectivity index (χ1n) is 7.45. The van der Waals surface area contributed by atoms with E-state index in [0.29, 0.717) is 11.8 Å². The molecule has 1 unspecified atom stereocenters. The molecule has 3 rings (SSSR count). The highest BCUT2D eigenvalue weighted by Crippen LogP contribution is 2.18. The second kappa shape index (κ2) is 6.68. The fourth-order valence-corrected chi connectivity index (χ4v) is 2.28. The van der Waals surface area contributed by atoms with Crippen molar-refractivity contribution in [2.75, 3.05) is 10.3 Å². The molecule has 1 atom stereocenters. The minimum absolute atomic E-state index is 0.153. The maximum atomic E-state index is 13.7. The van der Waals surface area contributed by atoms with Gasteiger partial charge in [0, 0.05) is 6.07 Å². The smallest absolute Gasteiger partial charge is 0.292 e. The molecule has 2 amide bonds. The van der Waals surface area contributed by atoms with Gasteiger partial charge in [-0.2, -0.15) is 0 Å². The number of halogens is 2. The third-order valence-electron chi connectivity index (χ3n) is 3.53. The predicted molar refractivity (Wildman–Crippen MR) is 88.9 cm³/mol. The van der Waals surface area contributed by atoms with Crippen molar-refractivity contribution in [3.05, 3.63) is 60.2 Å². The van der Waals surface area contributed by atoms with Crippen LogP contribution in [0.4, 0.5) is 20.2 Å².